The molecule has 1 aromatic rings. The highest BCUT2D eigenvalue weighted by atomic mass is 19.3. The molecule has 1 aromatic carbocycles. The SMILES string of the molecule is NCCC=Cc1ccc(C(F)F)cc1. The highest BCUT2D eigenvalue weighted by Crippen LogP contribution is 2.18. The van der Waals surface area contributed by atoms with E-state index in [2.05, 4.69) is 0 Å². The van der Waals surface area contributed by atoms with Gasteiger partial charge in [-0.15, -0.1) is 0 Å². The third kappa shape index (κ3) is 3.26. The minimum Gasteiger partial charge on any atom is -0.330 e. The predicted molar refractivity (Wildman–Crippen MR) is 54.1 cm³/mol. The molecule has 0 amide bonds. The Kier molecular flexibility index (Phi) is 4.26. The van der Waals surface area contributed by atoms with Gasteiger partial charge >= 0.3 is 0 Å². The molecule has 0 aliphatic rings. The van der Waals surface area contributed by atoms with Crippen LogP contribution in [0.5, 0.6) is 0 Å². The van der Waals surface area contributed by atoms with Gasteiger partial charge in [-0.05, 0) is 18.5 Å². The molecule has 0 aliphatic heterocycles. The zero-order chi connectivity index (χ0) is 10.4. The van der Waals surface area contributed by atoms with E-state index in [1.165, 1.54) is 12.1 Å². The lowest BCUT2D eigenvalue weighted by Crippen LogP contribution is -1.94. The van der Waals surface area contributed by atoms with Crippen LogP contribution in [0, 0.1) is 0 Å². The summed E-state index contributed by atoms with van der Waals surface area (Å²) in [4.78, 5) is 0. The van der Waals surface area contributed by atoms with Crippen molar-refractivity contribution >= 4 is 6.08 Å². The zero-order valence-electron chi connectivity index (χ0n) is 7.79. The highest BCUT2D eigenvalue weighted by Gasteiger charge is 2.04. The number of hydrogen-bond donors (Lipinski definition) is 1. The van der Waals surface area contributed by atoms with Crippen molar-refractivity contribution in [3.05, 3.63) is 41.5 Å². The first-order valence-corrected chi connectivity index (χ1v) is 4.48. The first-order valence-electron chi connectivity index (χ1n) is 4.48. The number of nitrogens with two attached hydrogens (primary N) is 1. The van der Waals surface area contributed by atoms with Gasteiger partial charge in [-0.25, -0.2) is 8.78 Å². The molecule has 0 unspecified atom stereocenters. The predicted octanol–water partition coefficient (Wildman–Crippen LogP) is 2.99. The van der Waals surface area contributed by atoms with Gasteiger partial charge in [-0.2, -0.15) is 0 Å². The van der Waals surface area contributed by atoms with Crippen molar-refractivity contribution in [1.29, 1.82) is 0 Å². The molecule has 0 fully saturated rings. The lowest BCUT2D eigenvalue weighted by molar-refractivity contribution is 0.151. The van der Waals surface area contributed by atoms with Crippen LogP contribution in [0.3, 0.4) is 0 Å². The molecule has 0 bridgehead atoms. The number of rotatable bonds is 4. The number of alkyl halides is 2. The molecule has 0 radical (unpaired) electrons. The maximum Gasteiger partial charge on any atom is 0.263 e. The zero-order valence-corrected chi connectivity index (χ0v) is 7.79. The van der Waals surface area contributed by atoms with Gasteiger partial charge in [0.05, 0.1) is 0 Å². The average Bonchev–Trinajstić information content (AvgIpc) is 2.19. The van der Waals surface area contributed by atoms with Crippen molar-refractivity contribution in [1.82, 2.24) is 0 Å². The van der Waals surface area contributed by atoms with Crippen molar-refractivity contribution in [3.63, 3.8) is 0 Å². The first-order chi connectivity index (χ1) is 6.74. The Hall–Kier alpha value is -1.22. The summed E-state index contributed by atoms with van der Waals surface area (Å²) >= 11 is 0. The Balaban J connectivity index is 2.64. The van der Waals surface area contributed by atoms with Crippen molar-refractivity contribution in [2.75, 3.05) is 6.54 Å². The van der Waals surface area contributed by atoms with Crippen molar-refractivity contribution in [2.24, 2.45) is 5.73 Å². The Morgan fingerprint density at radius 1 is 1.21 bits per heavy atom. The molecular weight excluding hydrogens is 184 g/mol. The second-order valence-corrected chi connectivity index (χ2v) is 2.95. The Morgan fingerprint density at radius 2 is 1.86 bits per heavy atom. The Bertz CT molecular complexity index is 291. The molecule has 14 heavy (non-hydrogen) atoms. The number of halogens is 2. The van der Waals surface area contributed by atoms with Crippen LogP contribution in [0.4, 0.5) is 8.78 Å². The molecule has 0 heterocycles. The van der Waals surface area contributed by atoms with Crippen molar-refractivity contribution in [3.8, 4) is 0 Å². The summed E-state index contributed by atoms with van der Waals surface area (Å²) in [6, 6.07) is 6.22. The molecule has 2 N–H and O–H groups in total. The second-order valence-electron chi connectivity index (χ2n) is 2.95. The van der Waals surface area contributed by atoms with E-state index < -0.39 is 6.43 Å². The van der Waals surface area contributed by atoms with Gasteiger partial charge in [0, 0.05) is 5.56 Å². The third-order valence-electron chi connectivity index (χ3n) is 1.83. The summed E-state index contributed by atoms with van der Waals surface area (Å²) in [6.07, 6.45) is 2.22. The first kappa shape index (κ1) is 10.9. The Labute approximate surface area is 82.2 Å². The minimum absolute atomic E-state index is 0.0565. The minimum atomic E-state index is -2.39. The van der Waals surface area contributed by atoms with E-state index >= 15 is 0 Å². The van der Waals surface area contributed by atoms with E-state index in [9.17, 15) is 8.78 Å². The van der Waals surface area contributed by atoms with E-state index in [1.807, 2.05) is 12.2 Å². The summed E-state index contributed by atoms with van der Waals surface area (Å²) in [5.41, 5.74) is 6.28. The van der Waals surface area contributed by atoms with E-state index in [0.29, 0.717) is 6.54 Å². The van der Waals surface area contributed by atoms with Gasteiger partial charge in [0.15, 0.2) is 0 Å². The molecule has 0 aromatic heterocycles. The maximum absolute atomic E-state index is 12.2. The van der Waals surface area contributed by atoms with Crippen LogP contribution in [0.2, 0.25) is 0 Å². The lowest BCUT2D eigenvalue weighted by Gasteiger charge is -1.99. The van der Waals surface area contributed by atoms with Gasteiger partial charge in [-0.3, -0.25) is 0 Å². The fraction of sp³-hybridized carbons (Fsp3) is 0.273. The van der Waals surface area contributed by atoms with Crippen LogP contribution < -0.4 is 5.73 Å². The van der Waals surface area contributed by atoms with Gasteiger partial charge in [0.1, 0.15) is 0 Å². The largest absolute Gasteiger partial charge is 0.330 e. The van der Waals surface area contributed by atoms with E-state index in [1.54, 1.807) is 12.1 Å². The summed E-state index contributed by atoms with van der Waals surface area (Å²) in [5, 5.41) is 0. The molecule has 3 heteroatoms. The Morgan fingerprint density at radius 3 is 2.36 bits per heavy atom. The van der Waals surface area contributed by atoms with Crippen molar-refractivity contribution < 1.29 is 8.78 Å². The summed E-state index contributed by atoms with van der Waals surface area (Å²) < 4.78 is 24.3. The highest BCUT2D eigenvalue weighted by molar-refractivity contribution is 5.49. The van der Waals surface area contributed by atoms with Crippen LogP contribution in [-0.2, 0) is 0 Å². The molecule has 0 spiro atoms. The standard InChI is InChI=1S/C11H13F2N/c12-11(13)10-6-4-9(5-7-10)3-1-2-8-14/h1,3-7,11H,2,8,14H2. The van der Waals surface area contributed by atoms with Gasteiger partial charge in [0.2, 0.25) is 0 Å². The number of benzene rings is 1. The molecule has 1 rings (SSSR count). The topological polar surface area (TPSA) is 26.0 Å². The van der Waals surface area contributed by atoms with E-state index in [4.69, 9.17) is 5.73 Å². The molecule has 0 aliphatic carbocycles. The average molecular weight is 197 g/mol. The van der Waals surface area contributed by atoms with Crippen LogP contribution in [0.1, 0.15) is 24.0 Å². The maximum atomic E-state index is 12.2. The molecule has 0 saturated heterocycles. The molecule has 1 nitrogen and oxygen atoms in total. The van der Waals surface area contributed by atoms with Gasteiger partial charge < -0.3 is 5.73 Å². The number of hydrogen-bond acceptors (Lipinski definition) is 1. The van der Waals surface area contributed by atoms with Crippen LogP contribution in [-0.4, -0.2) is 6.54 Å². The summed E-state index contributed by atoms with van der Waals surface area (Å²) in [5.74, 6) is 0. The molecular formula is C11H13F2N. The van der Waals surface area contributed by atoms with Gasteiger partial charge in [0.25, 0.3) is 6.43 Å². The van der Waals surface area contributed by atoms with E-state index in [-0.39, 0.29) is 5.56 Å². The van der Waals surface area contributed by atoms with Crippen molar-refractivity contribution in [2.45, 2.75) is 12.8 Å². The quantitative estimate of drug-likeness (QED) is 0.788. The molecule has 76 valence electrons. The second kappa shape index (κ2) is 5.50. The fourth-order valence-corrected chi connectivity index (χ4v) is 1.07. The molecule has 0 saturated carbocycles. The fourth-order valence-electron chi connectivity index (χ4n) is 1.07. The smallest absolute Gasteiger partial charge is 0.263 e. The monoisotopic (exact) mass is 197 g/mol. The lowest BCUT2D eigenvalue weighted by atomic mass is 10.1. The normalized spacial score (nSPS) is 11.4. The van der Waals surface area contributed by atoms with Crippen LogP contribution in [0.15, 0.2) is 30.3 Å². The third-order valence-corrected chi connectivity index (χ3v) is 1.83. The molecule has 0 atom stereocenters. The van der Waals surface area contributed by atoms with E-state index in [0.717, 1.165) is 12.0 Å². The van der Waals surface area contributed by atoms with Crippen LogP contribution in [0.25, 0.3) is 6.08 Å². The summed E-state index contributed by atoms with van der Waals surface area (Å²) in [7, 11) is 0. The van der Waals surface area contributed by atoms with Gasteiger partial charge in [-0.1, -0.05) is 36.4 Å². The summed E-state index contributed by atoms with van der Waals surface area (Å²) in [6.45, 7) is 0.603. The van der Waals surface area contributed by atoms with Crippen LogP contribution >= 0.6 is 0 Å².